The van der Waals surface area contributed by atoms with Gasteiger partial charge in [-0.25, -0.2) is 5.43 Å². The Balaban J connectivity index is 2.03. The Hall–Kier alpha value is -3.62. The minimum atomic E-state index is -0.705. The SMILES string of the molecule is COc1c(O)ccc(/C=N\NC(=O)COc2ccccc2C)c1[N+](=O)[O-]. The van der Waals surface area contributed by atoms with Gasteiger partial charge in [0.05, 0.1) is 23.8 Å². The van der Waals surface area contributed by atoms with E-state index in [1.54, 1.807) is 12.1 Å². The van der Waals surface area contributed by atoms with Crippen LogP contribution in [0.5, 0.6) is 17.2 Å². The highest BCUT2D eigenvalue weighted by Gasteiger charge is 2.23. The fourth-order valence-electron chi connectivity index (χ4n) is 2.14. The van der Waals surface area contributed by atoms with Crippen molar-refractivity contribution in [3.63, 3.8) is 0 Å². The smallest absolute Gasteiger partial charge is 0.323 e. The molecule has 0 atom stereocenters. The van der Waals surface area contributed by atoms with Gasteiger partial charge in [-0.15, -0.1) is 0 Å². The molecule has 0 aliphatic rings. The van der Waals surface area contributed by atoms with Crippen molar-refractivity contribution in [2.75, 3.05) is 13.7 Å². The predicted octanol–water partition coefficient (Wildman–Crippen LogP) is 2.15. The van der Waals surface area contributed by atoms with Crippen LogP contribution in [-0.4, -0.2) is 35.9 Å². The van der Waals surface area contributed by atoms with E-state index in [9.17, 15) is 20.0 Å². The first kappa shape index (κ1) is 18.7. The van der Waals surface area contributed by atoms with Crippen LogP contribution >= 0.6 is 0 Å². The molecule has 26 heavy (non-hydrogen) atoms. The normalized spacial score (nSPS) is 10.5. The molecule has 9 nitrogen and oxygen atoms in total. The topological polar surface area (TPSA) is 123 Å². The minimum absolute atomic E-state index is 0.0600. The van der Waals surface area contributed by atoms with Gasteiger partial charge in [0.15, 0.2) is 12.4 Å². The van der Waals surface area contributed by atoms with E-state index in [0.717, 1.165) is 11.8 Å². The molecule has 0 bridgehead atoms. The minimum Gasteiger partial charge on any atom is -0.504 e. The number of phenols is 1. The van der Waals surface area contributed by atoms with Gasteiger partial charge in [0.25, 0.3) is 5.91 Å². The number of para-hydroxylation sites is 1. The van der Waals surface area contributed by atoms with Crippen LogP contribution in [0.2, 0.25) is 0 Å². The van der Waals surface area contributed by atoms with Crippen LogP contribution in [0.25, 0.3) is 0 Å². The zero-order valence-corrected chi connectivity index (χ0v) is 14.1. The summed E-state index contributed by atoms with van der Waals surface area (Å²) in [5.74, 6) is -0.608. The van der Waals surface area contributed by atoms with Crippen LogP contribution in [0, 0.1) is 17.0 Å². The summed E-state index contributed by atoms with van der Waals surface area (Å²) in [5.41, 5.74) is 2.71. The van der Waals surface area contributed by atoms with Crippen molar-refractivity contribution in [3.05, 3.63) is 57.6 Å². The fourth-order valence-corrected chi connectivity index (χ4v) is 2.14. The largest absolute Gasteiger partial charge is 0.504 e. The van der Waals surface area contributed by atoms with Gasteiger partial charge in [0.2, 0.25) is 5.75 Å². The molecule has 136 valence electrons. The van der Waals surface area contributed by atoms with Crippen molar-refractivity contribution in [2.24, 2.45) is 5.10 Å². The Morgan fingerprint density at radius 3 is 2.73 bits per heavy atom. The first-order valence-corrected chi connectivity index (χ1v) is 7.48. The van der Waals surface area contributed by atoms with Crippen LogP contribution in [-0.2, 0) is 4.79 Å². The molecule has 0 saturated heterocycles. The molecule has 2 aromatic rings. The number of nitro benzene ring substituents is 1. The standard InChI is InChI=1S/C17H17N3O6/c1-11-5-3-4-6-14(11)26-10-15(22)19-18-9-12-7-8-13(21)17(25-2)16(12)20(23)24/h3-9,21H,10H2,1-2H3,(H,19,22)/b18-9-. The predicted molar refractivity (Wildman–Crippen MR) is 93.7 cm³/mol. The molecule has 2 rings (SSSR count). The molecule has 1 amide bonds. The summed E-state index contributed by atoms with van der Waals surface area (Å²) in [4.78, 5) is 22.2. The lowest BCUT2D eigenvalue weighted by atomic mass is 10.1. The number of amides is 1. The second kappa shape index (κ2) is 8.47. The van der Waals surface area contributed by atoms with Gasteiger partial charge in [-0.1, -0.05) is 18.2 Å². The monoisotopic (exact) mass is 359 g/mol. The Labute approximate surface area is 149 Å². The Morgan fingerprint density at radius 2 is 2.08 bits per heavy atom. The Kier molecular flexibility index (Phi) is 6.10. The zero-order chi connectivity index (χ0) is 19.1. The molecule has 2 N–H and O–H groups in total. The number of rotatable bonds is 7. The number of aryl methyl sites for hydroxylation is 1. The highest BCUT2D eigenvalue weighted by molar-refractivity contribution is 5.89. The third-order valence-corrected chi connectivity index (χ3v) is 3.37. The number of carbonyl (C=O) groups is 1. The van der Waals surface area contributed by atoms with Gasteiger partial charge in [-0.2, -0.15) is 5.10 Å². The first-order chi connectivity index (χ1) is 12.4. The van der Waals surface area contributed by atoms with Gasteiger partial charge in [-0.05, 0) is 30.7 Å². The lowest BCUT2D eigenvalue weighted by Crippen LogP contribution is -2.24. The second-order valence-corrected chi connectivity index (χ2v) is 5.16. The number of benzene rings is 2. The summed E-state index contributed by atoms with van der Waals surface area (Å²) in [7, 11) is 1.20. The number of nitrogens with zero attached hydrogens (tertiary/aromatic N) is 2. The molecule has 0 aromatic heterocycles. The van der Waals surface area contributed by atoms with Crippen molar-refractivity contribution < 1.29 is 24.3 Å². The van der Waals surface area contributed by atoms with Gasteiger partial charge in [0.1, 0.15) is 5.75 Å². The van der Waals surface area contributed by atoms with Gasteiger partial charge >= 0.3 is 5.69 Å². The van der Waals surface area contributed by atoms with Crippen LogP contribution in [0.4, 0.5) is 5.69 Å². The summed E-state index contributed by atoms with van der Waals surface area (Å²) in [6.07, 6.45) is 1.09. The van der Waals surface area contributed by atoms with E-state index in [-0.39, 0.29) is 23.7 Å². The molecule has 0 spiro atoms. The number of methoxy groups -OCH3 is 1. The van der Waals surface area contributed by atoms with Crippen molar-refractivity contribution in [3.8, 4) is 17.2 Å². The molecule has 0 fully saturated rings. The number of carbonyl (C=O) groups excluding carboxylic acids is 1. The molecule has 0 aliphatic heterocycles. The lowest BCUT2D eigenvalue weighted by molar-refractivity contribution is -0.386. The molecular weight excluding hydrogens is 342 g/mol. The number of phenolic OH excluding ortho intramolecular Hbond substituents is 1. The van der Waals surface area contributed by atoms with Gasteiger partial charge in [-0.3, -0.25) is 14.9 Å². The molecule has 9 heteroatoms. The van der Waals surface area contributed by atoms with E-state index in [1.807, 2.05) is 19.1 Å². The number of hydrogen-bond acceptors (Lipinski definition) is 7. The summed E-state index contributed by atoms with van der Waals surface area (Å²) < 4.78 is 10.2. The van der Waals surface area contributed by atoms with E-state index in [1.165, 1.54) is 19.2 Å². The Bertz CT molecular complexity index is 850. The molecule has 0 unspecified atom stereocenters. The van der Waals surface area contributed by atoms with Crippen molar-refractivity contribution in [2.45, 2.75) is 6.92 Å². The summed E-state index contributed by atoms with van der Waals surface area (Å²) in [6, 6.07) is 9.74. The molecule has 2 aromatic carbocycles. The number of nitrogens with one attached hydrogen (secondary N) is 1. The third-order valence-electron chi connectivity index (χ3n) is 3.37. The number of hydrogen-bond donors (Lipinski definition) is 2. The second-order valence-electron chi connectivity index (χ2n) is 5.16. The van der Waals surface area contributed by atoms with Crippen molar-refractivity contribution in [1.82, 2.24) is 5.43 Å². The van der Waals surface area contributed by atoms with Crippen molar-refractivity contribution in [1.29, 1.82) is 0 Å². The van der Waals surface area contributed by atoms with Crippen molar-refractivity contribution >= 4 is 17.8 Å². The third kappa shape index (κ3) is 4.47. The van der Waals surface area contributed by atoms with Crippen LogP contribution in [0.3, 0.4) is 0 Å². The molecule has 0 heterocycles. The number of aromatic hydroxyl groups is 1. The van der Waals surface area contributed by atoms with Crippen LogP contribution in [0.1, 0.15) is 11.1 Å². The van der Waals surface area contributed by atoms with E-state index < -0.39 is 16.5 Å². The highest BCUT2D eigenvalue weighted by Crippen LogP contribution is 2.37. The highest BCUT2D eigenvalue weighted by atomic mass is 16.6. The number of nitro groups is 1. The first-order valence-electron chi connectivity index (χ1n) is 7.48. The average Bonchev–Trinajstić information content (AvgIpc) is 2.61. The van der Waals surface area contributed by atoms with E-state index in [2.05, 4.69) is 10.5 Å². The van der Waals surface area contributed by atoms with Crippen LogP contribution in [0.15, 0.2) is 41.5 Å². The zero-order valence-electron chi connectivity index (χ0n) is 14.1. The van der Waals surface area contributed by atoms with Gasteiger partial charge in [0, 0.05) is 0 Å². The molecular formula is C17H17N3O6. The molecule has 0 saturated carbocycles. The maximum atomic E-state index is 11.8. The average molecular weight is 359 g/mol. The van der Waals surface area contributed by atoms with E-state index >= 15 is 0 Å². The van der Waals surface area contributed by atoms with Gasteiger partial charge < -0.3 is 14.6 Å². The quantitative estimate of drug-likeness (QED) is 0.443. The number of hydrazone groups is 1. The Morgan fingerprint density at radius 1 is 1.35 bits per heavy atom. The number of ether oxygens (including phenoxy) is 2. The maximum absolute atomic E-state index is 11.8. The molecule has 0 radical (unpaired) electrons. The van der Waals surface area contributed by atoms with Crippen LogP contribution < -0.4 is 14.9 Å². The molecule has 0 aliphatic carbocycles. The summed E-state index contributed by atoms with van der Waals surface area (Å²) in [6.45, 7) is 1.59. The summed E-state index contributed by atoms with van der Waals surface area (Å²) in [5, 5.41) is 24.5. The lowest BCUT2D eigenvalue weighted by Gasteiger charge is -2.07. The van der Waals surface area contributed by atoms with E-state index in [4.69, 9.17) is 9.47 Å². The van der Waals surface area contributed by atoms with E-state index in [0.29, 0.717) is 5.75 Å². The summed E-state index contributed by atoms with van der Waals surface area (Å²) >= 11 is 0. The maximum Gasteiger partial charge on any atom is 0.323 e. The fraction of sp³-hybridized carbons (Fsp3) is 0.176.